The Morgan fingerprint density at radius 1 is 1.00 bits per heavy atom. The molecule has 0 aliphatic carbocycles. The van der Waals surface area contributed by atoms with Crippen LogP contribution in [0.5, 0.6) is 0 Å². The van der Waals surface area contributed by atoms with Crippen LogP contribution in [-0.4, -0.2) is 38.3 Å². The molecule has 0 saturated carbocycles. The molecule has 0 unspecified atom stereocenters. The van der Waals surface area contributed by atoms with Crippen molar-refractivity contribution in [2.24, 2.45) is 0 Å². The first-order valence-electron chi connectivity index (χ1n) is 6.43. The van der Waals surface area contributed by atoms with Gasteiger partial charge in [-0.05, 0) is 24.3 Å². The zero-order valence-electron chi connectivity index (χ0n) is 11.7. The minimum atomic E-state index is -5.19. The van der Waals surface area contributed by atoms with Crippen LogP contribution in [0, 0.1) is 0 Å². The van der Waals surface area contributed by atoms with E-state index in [0.717, 1.165) is 44.0 Å². The van der Waals surface area contributed by atoms with Gasteiger partial charge in [0.05, 0.1) is 5.56 Å². The Labute approximate surface area is 127 Å². The van der Waals surface area contributed by atoms with Gasteiger partial charge in [0.2, 0.25) is 0 Å². The fourth-order valence-electron chi connectivity index (χ4n) is 1.78. The highest BCUT2D eigenvalue weighted by Gasteiger charge is 2.30. The largest absolute Gasteiger partial charge is 0.542 e. The molecule has 0 spiro atoms. The molecule has 4 nitrogen and oxygen atoms in total. The predicted octanol–water partition coefficient (Wildman–Crippen LogP) is 1.41. The van der Waals surface area contributed by atoms with E-state index < -0.39 is 23.9 Å². The molecule has 0 radical (unpaired) electrons. The highest BCUT2D eigenvalue weighted by atomic mass is 19.4. The summed E-state index contributed by atoms with van der Waals surface area (Å²) in [6, 6.07) is 5.34. The zero-order valence-corrected chi connectivity index (χ0v) is 11.7. The standard InChI is InChI=1S/C11H13F3N2.C2HF3O2/c12-11(13,14)9-1-3-10(4-2-9)16-7-5-15-6-8-16;3-2(4,5)1(6)7/h1-4,15H,5-8H2;(H,6,7)/p-1. The molecular weight excluding hydrogens is 330 g/mol. The normalized spacial score (nSPS) is 15.7. The maximum Gasteiger partial charge on any atom is 0.430 e. The molecular formula is C13H13F6N2O2-. The van der Waals surface area contributed by atoms with E-state index >= 15 is 0 Å². The first kappa shape index (κ1) is 19.1. The van der Waals surface area contributed by atoms with Crippen molar-refractivity contribution >= 4 is 11.7 Å². The van der Waals surface area contributed by atoms with Crippen LogP contribution in [0.3, 0.4) is 0 Å². The van der Waals surface area contributed by atoms with Crippen molar-refractivity contribution in [3.63, 3.8) is 0 Å². The number of carbonyl (C=O) groups is 1. The fourth-order valence-corrected chi connectivity index (χ4v) is 1.78. The van der Waals surface area contributed by atoms with E-state index in [-0.39, 0.29) is 0 Å². The first-order valence-corrected chi connectivity index (χ1v) is 6.43. The number of benzene rings is 1. The number of nitrogens with zero attached hydrogens (tertiary/aromatic N) is 1. The smallest absolute Gasteiger partial charge is 0.430 e. The van der Waals surface area contributed by atoms with Gasteiger partial charge in [-0.25, -0.2) is 0 Å². The number of hydrogen-bond donors (Lipinski definition) is 1. The minimum Gasteiger partial charge on any atom is -0.542 e. The van der Waals surface area contributed by atoms with Crippen LogP contribution in [0.2, 0.25) is 0 Å². The molecule has 0 aromatic heterocycles. The topological polar surface area (TPSA) is 55.4 Å². The first-order chi connectivity index (χ1) is 10.5. The van der Waals surface area contributed by atoms with E-state index in [1.807, 2.05) is 0 Å². The number of hydrogen-bond acceptors (Lipinski definition) is 4. The summed E-state index contributed by atoms with van der Waals surface area (Å²) in [5.74, 6) is -3.01. The lowest BCUT2D eigenvalue weighted by Gasteiger charge is -2.29. The molecule has 2 rings (SSSR count). The molecule has 1 fully saturated rings. The lowest BCUT2D eigenvalue weighted by molar-refractivity contribution is -0.344. The molecule has 1 aromatic carbocycles. The molecule has 0 atom stereocenters. The molecule has 1 saturated heterocycles. The van der Waals surface area contributed by atoms with Crippen LogP contribution >= 0.6 is 0 Å². The van der Waals surface area contributed by atoms with Crippen LogP contribution in [0.1, 0.15) is 5.56 Å². The Bertz CT molecular complexity index is 507. The molecule has 10 heteroatoms. The monoisotopic (exact) mass is 343 g/mol. The number of alkyl halides is 6. The SMILES string of the molecule is FC(F)(F)c1ccc(N2CCNCC2)cc1.O=C([O-])C(F)(F)F. The van der Waals surface area contributed by atoms with Gasteiger partial charge >= 0.3 is 12.4 Å². The highest BCUT2D eigenvalue weighted by molar-refractivity contribution is 5.70. The Morgan fingerprint density at radius 2 is 1.43 bits per heavy atom. The molecule has 130 valence electrons. The number of aliphatic carboxylic acids is 1. The van der Waals surface area contributed by atoms with Crippen LogP contribution in [0.15, 0.2) is 24.3 Å². The van der Waals surface area contributed by atoms with Crippen molar-refractivity contribution in [1.82, 2.24) is 5.32 Å². The Morgan fingerprint density at radius 3 is 1.78 bits per heavy atom. The van der Waals surface area contributed by atoms with Crippen molar-refractivity contribution < 1.29 is 36.2 Å². The summed E-state index contributed by atoms with van der Waals surface area (Å²) >= 11 is 0. The van der Waals surface area contributed by atoms with E-state index in [1.165, 1.54) is 12.1 Å². The summed E-state index contributed by atoms with van der Waals surface area (Å²) in [7, 11) is 0. The second kappa shape index (κ2) is 7.53. The van der Waals surface area contributed by atoms with Crippen molar-refractivity contribution in [3.05, 3.63) is 29.8 Å². The third-order valence-electron chi connectivity index (χ3n) is 2.91. The van der Waals surface area contributed by atoms with Gasteiger partial charge in [-0.3, -0.25) is 0 Å². The average molecular weight is 343 g/mol. The van der Waals surface area contributed by atoms with E-state index in [9.17, 15) is 26.3 Å². The zero-order chi connectivity index (χ0) is 17.7. The summed E-state index contributed by atoms with van der Waals surface area (Å²) in [6.45, 7) is 3.43. The third-order valence-corrected chi connectivity index (χ3v) is 2.91. The average Bonchev–Trinajstić information content (AvgIpc) is 2.47. The van der Waals surface area contributed by atoms with Crippen molar-refractivity contribution in [2.75, 3.05) is 31.1 Å². The summed E-state index contributed by atoms with van der Waals surface area (Å²) in [5.41, 5.74) is 0.265. The van der Waals surface area contributed by atoms with Gasteiger partial charge in [-0.15, -0.1) is 0 Å². The maximum atomic E-state index is 12.3. The minimum absolute atomic E-state index is 0.591. The number of halogens is 6. The number of carboxylic acid groups (broad SMARTS) is 1. The summed E-state index contributed by atoms with van der Waals surface area (Å²) in [4.78, 5) is 10.9. The van der Waals surface area contributed by atoms with Gasteiger partial charge in [0.15, 0.2) is 0 Å². The molecule has 1 N–H and O–H groups in total. The Hall–Kier alpha value is -1.97. The molecule has 23 heavy (non-hydrogen) atoms. The van der Waals surface area contributed by atoms with Crippen LogP contribution in [-0.2, 0) is 11.0 Å². The molecule has 1 heterocycles. The third kappa shape index (κ3) is 6.35. The van der Waals surface area contributed by atoms with Gasteiger partial charge in [0, 0.05) is 31.9 Å². The van der Waals surface area contributed by atoms with Gasteiger partial charge in [-0.1, -0.05) is 0 Å². The summed E-state index contributed by atoms with van der Waals surface area (Å²) < 4.78 is 68.6. The van der Waals surface area contributed by atoms with Gasteiger partial charge in [0.1, 0.15) is 5.97 Å². The Balaban J connectivity index is 0.000000322. The predicted molar refractivity (Wildman–Crippen MR) is 67.6 cm³/mol. The lowest BCUT2D eigenvalue weighted by atomic mass is 10.2. The van der Waals surface area contributed by atoms with Crippen molar-refractivity contribution in [2.45, 2.75) is 12.4 Å². The number of piperazine rings is 1. The molecule has 1 aromatic rings. The van der Waals surface area contributed by atoms with E-state index in [4.69, 9.17) is 9.90 Å². The van der Waals surface area contributed by atoms with E-state index in [0.29, 0.717) is 0 Å². The second-order valence-electron chi connectivity index (χ2n) is 4.57. The molecule has 0 amide bonds. The summed E-state index contributed by atoms with van der Waals surface area (Å²) in [6.07, 6.45) is -9.44. The van der Waals surface area contributed by atoms with Crippen LogP contribution < -0.4 is 15.3 Å². The number of carboxylic acids is 1. The molecule has 1 aliphatic heterocycles. The summed E-state index contributed by atoms with van der Waals surface area (Å²) in [5, 5.41) is 12.0. The number of carbonyl (C=O) groups excluding carboxylic acids is 1. The molecule has 0 bridgehead atoms. The van der Waals surface area contributed by atoms with E-state index in [2.05, 4.69) is 10.2 Å². The highest BCUT2D eigenvalue weighted by Crippen LogP contribution is 2.30. The second-order valence-corrected chi connectivity index (χ2v) is 4.57. The number of anilines is 1. The van der Waals surface area contributed by atoms with Crippen LogP contribution in [0.4, 0.5) is 32.0 Å². The number of nitrogens with one attached hydrogen (secondary N) is 1. The lowest BCUT2D eigenvalue weighted by Crippen LogP contribution is -2.43. The maximum absolute atomic E-state index is 12.3. The van der Waals surface area contributed by atoms with Crippen molar-refractivity contribution in [1.29, 1.82) is 0 Å². The van der Waals surface area contributed by atoms with Crippen molar-refractivity contribution in [3.8, 4) is 0 Å². The van der Waals surface area contributed by atoms with Gasteiger partial charge in [-0.2, -0.15) is 26.3 Å². The molecule has 1 aliphatic rings. The van der Waals surface area contributed by atoms with Gasteiger partial charge < -0.3 is 20.1 Å². The van der Waals surface area contributed by atoms with E-state index in [1.54, 1.807) is 0 Å². The van der Waals surface area contributed by atoms with Gasteiger partial charge in [0.25, 0.3) is 0 Å². The fraction of sp³-hybridized carbons (Fsp3) is 0.462. The quantitative estimate of drug-likeness (QED) is 0.784. The van der Waals surface area contributed by atoms with Crippen LogP contribution in [0.25, 0.3) is 0 Å². The Kier molecular flexibility index (Phi) is 6.25. The number of rotatable bonds is 1.